The Hall–Kier alpha value is -1.46. The van der Waals surface area contributed by atoms with E-state index in [0.29, 0.717) is 6.54 Å². The van der Waals surface area contributed by atoms with E-state index in [0.717, 1.165) is 49.4 Å². The van der Waals surface area contributed by atoms with Crippen LogP contribution in [0.5, 0.6) is 0 Å². The molecule has 1 aliphatic rings. The van der Waals surface area contributed by atoms with Crippen molar-refractivity contribution in [2.24, 2.45) is 0 Å². The van der Waals surface area contributed by atoms with E-state index in [9.17, 15) is 4.79 Å². The Balaban J connectivity index is 1.79. The van der Waals surface area contributed by atoms with E-state index in [2.05, 4.69) is 38.6 Å². The van der Waals surface area contributed by atoms with Crippen LogP contribution in [0.25, 0.3) is 0 Å². The average Bonchev–Trinajstić information content (AvgIpc) is 2.93. The van der Waals surface area contributed by atoms with Crippen LogP contribution in [0.2, 0.25) is 0 Å². The summed E-state index contributed by atoms with van der Waals surface area (Å²) >= 11 is 1.72. The summed E-state index contributed by atoms with van der Waals surface area (Å²) in [7, 11) is 0. The van der Waals surface area contributed by atoms with Crippen molar-refractivity contribution in [2.75, 3.05) is 6.54 Å². The van der Waals surface area contributed by atoms with Crippen LogP contribution in [0.4, 0.5) is 0 Å². The lowest BCUT2D eigenvalue weighted by atomic mass is 10.1. The zero-order valence-corrected chi connectivity index (χ0v) is 12.5. The molecule has 0 unspecified atom stereocenters. The van der Waals surface area contributed by atoms with E-state index >= 15 is 0 Å². The number of aromatic nitrogens is 2. The number of aryl methyl sites for hydroxylation is 1. The normalized spacial score (nSPS) is 15.2. The van der Waals surface area contributed by atoms with Crippen LogP contribution in [-0.2, 0) is 25.9 Å². The third-order valence-corrected chi connectivity index (χ3v) is 4.40. The number of nitrogens with one attached hydrogen (secondary N) is 1. The first-order valence-corrected chi connectivity index (χ1v) is 8.05. The standard InChI is InChI=1S/C15H19N3OS/c1-2-3-14-16-13-4-6-18(8-11-5-7-20-10-11)9-12(13)15(19)17-14/h5,7,10H,2-4,6,8-9H2,1H3,(H,16,17,19). The van der Waals surface area contributed by atoms with Crippen molar-refractivity contribution in [1.82, 2.24) is 14.9 Å². The molecular formula is C15H19N3OS. The Bertz CT molecular complexity index is 633. The van der Waals surface area contributed by atoms with Crippen LogP contribution in [0, 0.1) is 0 Å². The van der Waals surface area contributed by atoms with E-state index in [4.69, 9.17) is 0 Å². The Morgan fingerprint density at radius 3 is 3.15 bits per heavy atom. The molecule has 0 fully saturated rings. The van der Waals surface area contributed by atoms with Crippen molar-refractivity contribution >= 4 is 11.3 Å². The van der Waals surface area contributed by atoms with Crippen LogP contribution in [0.15, 0.2) is 21.6 Å². The SMILES string of the molecule is CCCc1nc2c(c(=O)[nH]1)CN(Cc1ccsc1)CC2. The van der Waals surface area contributed by atoms with Crippen molar-refractivity contribution < 1.29 is 0 Å². The van der Waals surface area contributed by atoms with Gasteiger partial charge in [-0.3, -0.25) is 9.69 Å². The molecule has 3 heterocycles. The molecule has 0 bridgehead atoms. The van der Waals surface area contributed by atoms with Gasteiger partial charge in [0.15, 0.2) is 0 Å². The summed E-state index contributed by atoms with van der Waals surface area (Å²) < 4.78 is 0. The summed E-state index contributed by atoms with van der Waals surface area (Å²) in [5.41, 5.74) is 3.23. The summed E-state index contributed by atoms with van der Waals surface area (Å²) in [4.78, 5) is 22.0. The van der Waals surface area contributed by atoms with Crippen LogP contribution in [-0.4, -0.2) is 21.4 Å². The highest BCUT2D eigenvalue weighted by Crippen LogP contribution is 2.17. The van der Waals surface area contributed by atoms with Gasteiger partial charge in [-0.25, -0.2) is 4.98 Å². The second-order valence-electron chi connectivity index (χ2n) is 5.28. The van der Waals surface area contributed by atoms with Gasteiger partial charge in [-0.1, -0.05) is 6.92 Å². The third kappa shape index (κ3) is 2.83. The largest absolute Gasteiger partial charge is 0.310 e. The minimum Gasteiger partial charge on any atom is -0.310 e. The van der Waals surface area contributed by atoms with Gasteiger partial charge in [0.25, 0.3) is 5.56 Å². The number of hydrogen-bond acceptors (Lipinski definition) is 4. The van der Waals surface area contributed by atoms with Crippen LogP contribution in [0.1, 0.15) is 36.0 Å². The second-order valence-corrected chi connectivity index (χ2v) is 6.06. The van der Waals surface area contributed by atoms with Crippen molar-refractivity contribution in [3.63, 3.8) is 0 Å². The van der Waals surface area contributed by atoms with E-state index in [1.807, 2.05) is 0 Å². The van der Waals surface area contributed by atoms with Gasteiger partial charge in [0, 0.05) is 32.5 Å². The van der Waals surface area contributed by atoms with Crippen LogP contribution >= 0.6 is 11.3 Å². The number of H-pyrrole nitrogens is 1. The van der Waals surface area contributed by atoms with Gasteiger partial charge < -0.3 is 4.98 Å². The van der Waals surface area contributed by atoms with Crippen molar-refractivity contribution in [2.45, 2.75) is 39.3 Å². The molecule has 0 amide bonds. The van der Waals surface area contributed by atoms with Gasteiger partial charge in [-0.15, -0.1) is 0 Å². The Kier molecular flexibility index (Phi) is 3.98. The molecule has 20 heavy (non-hydrogen) atoms. The lowest BCUT2D eigenvalue weighted by Crippen LogP contribution is -2.35. The number of fused-ring (bicyclic) bond motifs is 1. The summed E-state index contributed by atoms with van der Waals surface area (Å²) in [5.74, 6) is 0.836. The average molecular weight is 289 g/mol. The molecule has 0 saturated heterocycles. The molecule has 1 N–H and O–H groups in total. The highest BCUT2D eigenvalue weighted by molar-refractivity contribution is 7.07. The summed E-state index contributed by atoms with van der Waals surface area (Å²) in [5, 5.41) is 4.26. The maximum absolute atomic E-state index is 12.2. The molecule has 0 aromatic carbocycles. The number of aromatic amines is 1. The molecule has 0 saturated carbocycles. The molecule has 0 atom stereocenters. The van der Waals surface area contributed by atoms with Crippen molar-refractivity contribution in [1.29, 1.82) is 0 Å². The third-order valence-electron chi connectivity index (χ3n) is 3.67. The predicted octanol–water partition coefficient (Wildman–Crippen LogP) is 2.34. The molecule has 4 nitrogen and oxygen atoms in total. The number of thiophene rings is 1. The smallest absolute Gasteiger partial charge is 0.255 e. The fourth-order valence-corrected chi connectivity index (χ4v) is 3.32. The molecular weight excluding hydrogens is 270 g/mol. The van der Waals surface area contributed by atoms with Crippen LogP contribution in [0.3, 0.4) is 0 Å². The van der Waals surface area contributed by atoms with Gasteiger partial charge in [0.1, 0.15) is 5.82 Å². The fourth-order valence-electron chi connectivity index (χ4n) is 2.66. The molecule has 0 spiro atoms. The van der Waals surface area contributed by atoms with Crippen LogP contribution < -0.4 is 5.56 Å². The topological polar surface area (TPSA) is 49.0 Å². The highest BCUT2D eigenvalue weighted by Gasteiger charge is 2.21. The van der Waals surface area contributed by atoms with Crippen molar-refractivity contribution in [3.05, 3.63) is 49.8 Å². The maximum atomic E-state index is 12.2. The lowest BCUT2D eigenvalue weighted by Gasteiger charge is -2.27. The molecule has 2 aromatic heterocycles. The quantitative estimate of drug-likeness (QED) is 0.940. The lowest BCUT2D eigenvalue weighted by molar-refractivity contribution is 0.241. The summed E-state index contributed by atoms with van der Waals surface area (Å²) in [6.45, 7) is 4.70. The molecule has 5 heteroatoms. The molecule has 2 aromatic rings. The monoisotopic (exact) mass is 289 g/mol. The van der Waals surface area contributed by atoms with Gasteiger partial charge in [0.05, 0.1) is 11.3 Å². The van der Waals surface area contributed by atoms with E-state index in [1.54, 1.807) is 11.3 Å². The highest BCUT2D eigenvalue weighted by atomic mass is 32.1. The maximum Gasteiger partial charge on any atom is 0.255 e. The Morgan fingerprint density at radius 1 is 1.50 bits per heavy atom. The van der Waals surface area contributed by atoms with Gasteiger partial charge in [-0.2, -0.15) is 11.3 Å². The van der Waals surface area contributed by atoms with E-state index in [1.165, 1.54) is 5.56 Å². The van der Waals surface area contributed by atoms with E-state index in [-0.39, 0.29) is 5.56 Å². The zero-order chi connectivity index (χ0) is 13.9. The summed E-state index contributed by atoms with van der Waals surface area (Å²) in [6, 6.07) is 2.15. The van der Waals surface area contributed by atoms with Gasteiger partial charge in [-0.05, 0) is 28.8 Å². The first-order chi connectivity index (χ1) is 9.76. The minimum absolute atomic E-state index is 0.0495. The minimum atomic E-state index is 0.0495. The number of rotatable bonds is 4. The first kappa shape index (κ1) is 13.5. The zero-order valence-electron chi connectivity index (χ0n) is 11.7. The molecule has 0 aliphatic carbocycles. The second kappa shape index (κ2) is 5.89. The first-order valence-electron chi connectivity index (χ1n) is 7.10. The van der Waals surface area contributed by atoms with Gasteiger partial charge in [0.2, 0.25) is 0 Å². The number of hydrogen-bond donors (Lipinski definition) is 1. The Labute approximate surface area is 122 Å². The van der Waals surface area contributed by atoms with Gasteiger partial charge >= 0.3 is 0 Å². The van der Waals surface area contributed by atoms with E-state index < -0.39 is 0 Å². The molecule has 1 aliphatic heterocycles. The van der Waals surface area contributed by atoms with Crippen molar-refractivity contribution in [3.8, 4) is 0 Å². The molecule has 106 valence electrons. The number of nitrogens with zero attached hydrogens (tertiary/aromatic N) is 2. The molecule has 3 rings (SSSR count). The fraction of sp³-hybridized carbons (Fsp3) is 0.467. The molecule has 0 radical (unpaired) electrons. The Morgan fingerprint density at radius 2 is 2.40 bits per heavy atom. The predicted molar refractivity (Wildman–Crippen MR) is 81.0 cm³/mol. The summed E-state index contributed by atoms with van der Waals surface area (Å²) in [6.07, 6.45) is 2.73.